The Labute approximate surface area is 227 Å². The van der Waals surface area contributed by atoms with Gasteiger partial charge in [-0.05, 0) is 108 Å². The molecule has 1 aliphatic carbocycles. The zero-order valence-electron chi connectivity index (χ0n) is 23.5. The molecule has 200 valence electrons. The van der Waals surface area contributed by atoms with E-state index in [-0.39, 0.29) is 5.82 Å². The number of hydrogen-bond acceptors (Lipinski definition) is 2. The molecule has 3 heteroatoms. The van der Waals surface area contributed by atoms with Crippen molar-refractivity contribution in [2.75, 3.05) is 0 Å². The third-order valence-electron chi connectivity index (χ3n) is 8.33. The topological polar surface area (TPSA) is 30.2 Å². The van der Waals surface area contributed by atoms with Gasteiger partial charge in [0.2, 0.25) is 0 Å². The van der Waals surface area contributed by atoms with Crippen molar-refractivity contribution in [1.29, 1.82) is 0 Å². The lowest BCUT2D eigenvalue weighted by atomic mass is 9.74. The zero-order chi connectivity index (χ0) is 27.2. The van der Waals surface area contributed by atoms with Gasteiger partial charge in [0.05, 0.1) is 12.5 Å². The van der Waals surface area contributed by atoms with Crippen LogP contribution in [0.3, 0.4) is 0 Å². The first kappa shape index (κ1) is 27.9. The molecule has 1 saturated carbocycles. The molecule has 0 bridgehead atoms. The van der Waals surface area contributed by atoms with Crippen LogP contribution in [-0.4, -0.2) is 5.94 Å². The van der Waals surface area contributed by atoms with Crippen molar-refractivity contribution in [3.63, 3.8) is 0 Å². The maximum absolute atomic E-state index is 14.2. The van der Waals surface area contributed by atoms with E-state index < -0.39 is 0 Å². The average molecular weight is 513 g/mol. The molecule has 0 radical (unpaired) electrons. The fourth-order valence-corrected chi connectivity index (χ4v) is 6.02. The van der Waals surface area contributed by atoms with Crippen LogP contribution >= 0.6 is 0 Å². The first-order chi connectivity index (χ1) is 18.3. The third-order valence-corrected chi connectivity index (χ3v) is 8.33. The molecule has 0 spiro atoms. The van der Waals surface area contributed by atoms with Gasteiger partial charge in [0.1, 0.15) is 11.8 Å². The van der Waals surface area contributed by atoms with E-state index in [1.54, 1.807) is 24.7 Å². The van der Waals surface area contributed by atoms with Gasteiger partial charge in [-0.3, -0.25) is 0 Å². The summed E-state index contributed by atoms with van der Waals surface area (Å²) in [5, 5.41) is 0. The van der Waals surface area contributed by atoms with Gasteiger partial charge in [-0.1, -0.05) is 70.5 Å². The predicted octanol–water partition coefficient (Wildman–Crippen LogP) is 9.92. The van der Waals surface area contributed by atoms with E-state index in [1.165, 1.54) is 28.3 Å². The number of rotatable bonds is 7. The minimum Gasteiger partial charge on any atom is -0.472 e. The van der Waals surface area contributed by atoms with Crippen LogP contribution in [0, 0.1) is 23.6 Å². The van der Waals surface area contributed by atoms with E-state index >= 15 is 0 Å². The smallest absolute Gasteiger partial charge is 0.128 e. The molecule has 0 saturated heterocycles. The number of carbonyl (C=O) groups excluding carboxylic acids is 1. The summed E-state index contributed by atoms with van der Waals surface area (Å²) in [6.45, 7) is 11.3. The lowest BCUT2D eigenvalue weighted by molar-refractivity contribution is 0.268. The van der Waals surface area contributed by atoms with Crippen LogP contribution in [0.15, 0.2) is 65.0 Å². The van der Waals surface area contributed by atoms with Crippen LogP contribution in [-0.2, 0) is 11.2 Å². The first-order valence-corrected chi connectivity index (χ1v) is 14.2. The summed E-state index contributed by atoms with van der Waals surface area (Å²) in [6, 6.07) is 13.4. The second kappa shape index (κ2) is 12.6. The predicted molar refractivity (Wildman–Crippen MR) is 156 cm³/mol. The normalized spacial score (nSPS) is 21.2. The van der Waals surface area contributed by atoms with E-state index in [0.29, 0.717) is 29.2 Å². The van der Waals surface area contributed by atoms with Crippen LogP contribution in [0.4, 0.5) is 4.39 Å². The second-order valence-corrected chi connectivity index (χ2v) is 11.6. The van der Waals surface area contributed by atoms with Crippen molar-refractivity contribution in [2.45, 2.75) is 79.1 Å². The standard InChI is InChI=1S/C35H41FO2/c1-6-34-31(17-29(23(2)3)20-35(34)27-8-7-9-33(36)19-27)16-26-11-10-24(4)14-30(25(5)15-26)18-32(21-37)28-12-13-38-22-28/h7-9,12-13,16-17,19-20,22-25,30H,6,10-11,14-15,18H2,1-5H3. The Morgan fingerprint density at radius 3 is 2.66 bits per heavy atom. The quantitative estimate of drug-likeness (QED) is 0.295. The summed E-state index contributed by atoms with van der Waals surface area (Å²) in [7, 11) is 0. The minimum absolute atomic E-state index is 0.201. The molecule has 1 aromatic heterocycles. The number of halogens is 1. The van der Waals surface area contributed by atoms with Crippen molar-refractivity contribution in [3.05, 3.63) is 88.6 Å². The summed E-state index contributed by atoms with van der Waals surface area (Å²) >= 11 is 0. The van der Waals surface area contributed by atoms with Crippen molar-refractivity contribution in [3.8, 4) is 11.1 Å². The highest BCUT2D eigenvalue weighted by molar-refractivity contribution is 5.87. The van der Waals surface area contributed by atoms with Crippen LogP contribution < -0.4 is 0 Å². The van der Waals surface area contributed by atoms with Crippen LogP contribution in [0.5, 0.6) is 0 Å². The lowest BCUT2D eigenvalue weighted by Crippen LogP contribution is -2.19. The molecule has 0 amide bonds. The van der Waals surface area contributed by atoms with Crippen LogP contribution in [0.25, 0.3) is 22.8 Å². The molecule has 4 rings (SSSR count). The number of allylic oxidation sites excluding steroid dienone is 2. The molecular weight excluding hydrogens is 471 g/mol. The fourth-order valence-electron chi connectivity index (χ4n) is 6.02. The van der Waals surface area contributed by atoms with Gasteiger partial charge in [-0.2, -0.15) is 0 Å². The Balaban J connectivity index is 1.70. The summed E-state index contributed by atoms with van der Waals surface area (Å²) in [5.41, 5.74) is 8.92. The largest absolute Gasteiger partial charge is 0.472 e. The van der Waals surface area contributed by atoms with Gasteiger partial charge in [-0.25, -0.2) is 9.18 Å². The highest BCUT2D eigenvalue weighted by Crippen LogP contribution is 2.40. The Bertz CT molecular complexity index is 1310. The summed E-state index contributed by atoms with van der Waals surface area (Å²) in [6.07, 6.45) is 11.7. The SMILES string of the molecule is CCc1c(C=C2CCC(C)CC(CC(=C=O)c3ccoc3)C(C)C2)cc(C(C)C)cc1-c1cccc(F)c1. The fraction of sp³-hybridized carbons (Fsp3) is 0.429. The van der Waals surface area contributed by atoms with E-state index in [1.807, 2.05) is 12.1 Å². The molecule has 0 N–H and O–H groups in total. The molecule has 2 nitrogen and oxygen atoms in total. The highest BCUT2D eigenvalue weighted by Gasteiger charge is 2.26. The van der Waals surface area contributed by atoms with Gasteiger partial charge in [0, 0.05) is 11.1 Å². The van der Waals surface area contributed by atoms with Crippen LogP contribution in [0.2, 0.25) is 0 Å². The van der Waals surface area contributed by atoms with Gasteiger partial charge in [-0.15, -0.1) is 0 Å². The maximum Gasteiger partial charge on any atom is 0.128 e. The van der Waals surface area contributed by atoms with Gasteiger partial charge < -0.3 is 4.42 Å². The van der Waals surface area contributed by atoms with Crippen molar-refractivity contribution >= 4 is 17.6 Å². The second-order valence-electron chi connectivity index (χ2n) is 11.6. The molecule has 3 unspecified atom stereocenters. The van der Waals surface area contributed by atoms with E-state index in [2.05, 4.69) is 58.8 Å². The maximum atomic E-state index is 14.2. The van der Waals surface area contributed by atoms with Crippen molar-refractivity contribution in [1.82, 2.24) is 0 Å². The molecule has 3 aromatic rings. The van der Waals surface area contributed by atoms with E-state index in [9.17, 15) is 9.18 Å². The Morgan fingerprint density at radius 2 is 2.00 bits per heavy atom. The molecule has 3 atom stereocenters. The lowest BCUT2D eigenvalue weighted by Gasteiger charge is -2.31. The van der Waals surface area contributed by atoms with Gasteiger partial charge >= 0.3 is 0 Å². The summed E-state index contributed by atoms with van der Waals surface area (Å²) < 4.78 is 19.4. The molecule has 1 aliphatic rings. The molecular formula is C35H41FO2. The number of furan rings is 1. The van der Waals surface area contributed by atoms with E-state index in [0.717, 1.165) is 55.2 Å². The minimum atomic E-state index is -0.201. The Kier molecular flexibility index (Phi) is 9.23. The molecule has 0 aliphatic heterocycles. The Hall–Kier alpha value is -3.16. The van der Waals surface area contributed by atoms with Crippen LogP contribution in [0.1, 0.15) is 94.9 Å². The number of hydrogen-bond donors (Lipinski definition) is 0. The summed E-state index contributed by atoms with van der Waals surface area (Å²) in [4.78, 5) is 11.8. The van der Waals surface area contributed by atoms with Crippen molar-refractivity contribution in [2.24, 2.45) is 17.8 Å². The highest BCUT2D eigenvalue weighted by atomic mass is 19.1. The number of benzene rings is 2. The third kappa shape index (κ3) is 6.63. The summed E-state index contributed by atoms with van der Waals surface area (Å²) in [5.74, 6) is 3.81. The van der Waals surface area contributed by atoms with Gasteiger partial charge in [0.15, 0.2) is 0 Å². The first-order valence-electron chi connectivity index (χ1n) is 14.2. The molecule has 1 heterocycles. The average Bonchev–Trinajstić information content (AvgIpc) is 3.43. The molecule has 2 aromatic carbocycles. The van der Waals surface area contributed by atoms with Crippen molar-refractivity contribution < 1.29 is 13.6 Å². The Morgan fingerprint density at radius 1 is 1.18 bits per heavy atom. The monoisotopic (exact) mass is 512 g/mol. The molecule has 38 heavy (non-hydrogen) atoms. The molecule has 1 fully saturated rings. The van der Waals surface area contributed by atoms with E-state index in [4.69, 9.17) is 4.42 Å². The van der Waals surface area contributed by atoms with Gasteiger partial charge in [0.25, 0.3) is 0 Å². The zero-order valence-corrected chi connectivity index (χ0v) is 23.5.